The fraction of sp³-hybridized carbons (Fsp3) is 0.923. The number of hydrogen-bond donors (Lipinski definition) is 5. The molecule has 0 amide bonds. The van der Waals surface area contributed by atoms with E-state index in [-0.39, 0.29) is 0 Å². The van der Waals surface area contributed by atoms with Gasteiger partial charge in [0.25, 0.3) is 0 Å². The Hall–Kier alpha value is -0.690. The predicted octanol–water partition coefficient (Wildman–Crippen LogP) is 0.700. The molecule has 114 valence electrons. The summed E-state index contributed by atoms with van der Waals surface area (Å²) >= 11 is 0. The molecule has 0 saturated carbocycles. The van der Waals surface area contributed by atoms with Crippen molar-refractivity contribution in [1.29, 1.82) is 0 Å². The lowest BCUT2D eigenvalue weighted by atomic mass is 10.1. The third-order valence-electron chi connectivity index (χ3n) is 3.13. The second kappa shape index (κ2) is 10.1. The monoisotopic (exact) mass is 274 g/mol. The molecule has 0 radical (unpaired) electrons. The number of hydrogen-bond acceptors (Lipinski definition) is 5. The molecule has 0 aromatic heterocycles. The van der Waals surface area contributed by atoms with E-state index in [1.165, 1.54) is 0 Å². The number of nitrogens with two attached hydrogens (primary N) is 3. The molecule has 6 nitrogen and oxygen atoms in total. The summed E-state index contributed by atoms with van der Waals surface area (Å²) in [5.41, 5.74) is 17.2. The lowest BCUT2D eigenvalue weighted by molar-refractivity contribution is -0.140. The minimum atomic E-state index is -1.11. The maximum absolute atomic E-state index is 11.1. The summed E-state index contributed by atoms with van der Waals surface area (Å²) < 4.78 is 0. The first-order valence-corrected chi connectivity index (χ1v) is 7.21. The molecule has 0 rings (SSSR count). The number of carbonyl (C=O) groups is 1. The Labute approximate surface area is 116 Å². The summed E-state index contributed by atoms with van der Waals surface area (Å²) in [6.07, 6.45) is 6.91. The van der Waals surface area contributed by atoms with E-state index in [2.05, 4.69) is 12.2 Å². The smallest absolute Gasteiger partial charge is 0.320 e. The number of rotatable bonds is 12. The van der Waals surface area contributed by atoms with Gasteiger partial charge in [-0.2, -0.15) is 0 Å². The highest BCUT2D eigenvalue weighted by atomic mass is 16.4. The quantitative estimate of drug-likeness (QED) is 0.263. The van der Waals surface area contributed by atoms with Gasteiger partial charge in [0.1, 0.15) is 11.8 Å². The molecule has 1 unspecified atom stereocenters. The van der Waals surface area contributed by atoms with Gasteiger partial charge < -0.3 is 22.3 Å². The van der Waals surface area contributed by atoms with Crippen LogP contribution in [0.5, 0.6) is 0 Å². The lowest BCUT2D eigenvalue weighted by Crippen LogP contribution is -2.65. The Morgan fingerprint density at radius 2 is 1.89 bits per heavy atom. The number of carboxylic acid groups (broad SMARTS) is 1. The van der Waals surface area contributed by atoms with Crippen LogP contribution in [0.3, 0.4) is 0 Å². The molecular weight excluding hydrogens is 244 g/mol. The van der Waals surface area contributed by atoms with Crippen LogP contribution < -0.4 is 22.5 Å². The molecule has 0 aliphatic heterocycles. The van der Waals surface area contributed by atoms with Crippen LogP contribution in [0, 0.1) is 0 Å². The Morgan fingerprint density at radius 3 is 2.42 bits per heavy atom. The van der Waals surface area contributed by atoms with Crippen molar-refractivity contribution in [3.8, 4) is 0 Å². The second-order valence-electron chi connectivity index (χ2n) is 5.17. The number of nitrogens with one attached hydrogen (secondary N) is 1. The molecule has 0 aliphatic carbocycles. The number of unbranched alkanes of at least 4 members (excludes halogenated alkanes) is 4. The molecule has 1 atom stereocenters. The van der Waals surface area contributed by atoms with Gasteiger partial charge in [0.05, 0.1) is 0 Å². The molecule has 0 aliphatic rings. The van der Waals surface area contributed by atoms with E-state index in [9.17, 15) is 4.79 Å². The summed E-state index contributed by atoms with van der Waals surface area (Å²) in [6, 6.07) is -0.701. The fourth-order valence-corrected chi connectivity index (χ4v) is 1.99. The normalized spacial score (nSPS) is 13.5. The first-order chi connectivity index (χ1) is 8.93. The van der Waals surface area contributed by atoms with E-state index in [0.29, 0.717) is 19.4 Å². The molecular formula is C13H30N4O2. The Kier molecular flexibility index (Phi) is 9.77. The number of aliphatic carboxylic acids is 1. The summed E-state index contributed by atoms with van der Waals surface area (Å²) in [7, 11) is 0. The van der Waals surface area contributed by atoms with Crippen LogP contribution in [0.25, 0.3) is 0 Å². The van der Waals surface area contributed by atoms with Crippen LogP contribution in [-0.4, -0.2) is 29.4 Å². The van der Waals surface area contributed by atoms with E-state index in [4.69, 9.17) is 22.3 Å². The van der Waals surface area contributed by atoms with Gasteiger partial charge in [-0.25, -0.2) is 0 Å². The average molecular weight is 274 g/mol. The zero-order valence-electron chi connectivity index (χ0n) is 12.0. The molecule has 0 saturated heterocycles. The van der Waals surface area contributed by atoms with E-state index >= 15 is 0 Å². The fourth-order valence-electron chi connectivity index (χ4n) is 1.99. The number of carboxylic acids is 1. The topological polar surface area (TPSA) is 127 Å². The van der Waals surface area contributed by atoms with Gasteiger partial charge in [0, 0.05) is 0 Å². The highest BCUT2D eigenvalue weighted by Gasteiger charge is 2.26. The van der Waals surface area contributed by atoms with Crippen molar-refractivity contribution in [3.63, 3.8) is 0 Å². The minimum Gasteiger partial charge on any atom is -0.480 e. The maximum Gasteiger partial charge on any atom is 0.320 e. The first kappa shape index (κ1) is 18.3. The SMILES string of the molecule is CCCCCCC(N)(N)NC(CCCCN)C(=O)O. The van der Waals surface area contributed by atoms with Crippen molar-refractivity contribution in [2.45, 2.75) is 70.1 Å². The van der Waals surface area contributed by atoms with E-state index in [1.807, 2.05) is 0 Å². The van der Waals surface area contributed by atoms with Crippen LogP contribution in [-0.2, 0) is 4.79 Å². The Morgan fingerprint density at radius 1 is 1.21 bits per heavy atom. The van der Waals surface area contributed by atoms with Gasteiger partial charge in [0.2, 0.25) is 0 Å². The van der Waals surface area contributed by atoms with Crippen molar-refractivity contribution in [3.05, 3.63) is 0 Å². The minimum absolute atomic E-state index is 0.498. The van der Waals surface area contributed by atoms with Crippen LogP contribution in [0.4, 0.5) is 0 Å². The zero-order valence-corrected chi connectivity index (χ0v) is 12.0. The van der Waals surface area contributed by atoms with E-state index in [0.717, 1.165) is 38.5 Å². The van der Waals surface area contributed by atoms with Crippen LogP contribution in [0.2, 0.25) is 0 Å². The largest absolute Gasteiger partial charge is 0.480 e. The van der Waals surface area contributed by atoms with Crippen molar-refractivity contribution in [1.82, 2.24) is 5.32 Å². The van der Waals surface area contributed by atoms with Crippen LogP contribution >= 0.6 is 0 Å². The molecule has 6 heteroatoms. The molecule has 0 heterocycles. The molecule has 19 heavy (non-hydrogen) atoms. The third-order valence-corrected chi connectivity index (χ3v) is 3.13. The summed E-state index contributed by atoms with van der Waals surface area (Å²) in [5, 5.41) is 12.0. The van der Waals surface area contributed by atoms with Crippen molar-refractivity contribution in [2.75, 3.05) is 6.54 Å². The highest BCUT2D eigenvalue weighted by molar-refractivity contribution is 5.73. The van der Waals surface area contributed by atoms with Gasteiger partial charge in [-0.15, -0.1) is 0 Å². The first-order valence-electron chi connectivity index (χ1n) is 7.21. The lowest BCUT2D eigenvalue weighted by Gasteiger charge is -2.29. The highest BCUT2D eigenvalue weighted by Crippen LogP contribution is 2.09. The maximum atomic E-state index is 11.1. The molecule has 0 bridgehead atoms. The standard InChI is InChI=1S/C13H30N4O2/c1-2-3-4-6-9-13(15,16)17-11(12(18)19)8-5-7-10-14/h11,17H,2-10,14-16H2,1H3,(H,18,19). The van der Waals surface area contributed by atoms with Gasteiger partial charge in [-0.1, -0.05) is 32.6 Å². The zero-order chi connectivity index (χ0) is 14.7. The molecule has 0 aromatic carbocycles. The molecule has 0 fully saturated rings. The molecule has 8 N–H and O–H groups in total. The van der Waals surface area contributed by atoms with Crippen molar-refractivity contribution >= 4 is 5.97 Å². The van der Waals surface area contributed by atoms with Gasteiger partial charge in [-0.05, 0) is 32.2 Å². The van der Waals surface area contributed by atoms with Crippen LogP contribution in [0.15, 0.2) is 0 Å². The Balaban J connectivity index is 4.11. The average Bonchev–Trinajstić information content (AvgIpc) is 2.33. The summed E-state index contributed by atoms with van der Waals surface area (Å²) in [4.78, 5) is 11.1. The van der Waals surface area contributed by atoms with E-state index in [1.54, 1.807) is 0 Å². The second-order valence-corrected chi connectivity index (χ2v) is 5.17. The van der Waals surface area contributed by atoms with E-state index < -0.39 is 17.8 Å². The summed E-state index contributed by atoms with van der Waals surface area (Å²) in [5.74, 6) is -2.02. The predicted molar refractivity (Wildman–Crippen MR) is 77.3 cm³/mol. The van der Waals surface area contributed by atoms with Crippen molar-refractivity contribution < 1.29 is 9.90 Å². The van der Waals surface area contributed by atoms with Gasteiger partial charge >= 0.3 is 5.97 Å². The Bertz CT molecular complexity index is 247. The summed E-state index contributed by atoms with van der Waals surface area (Å²) in [6.45, 7) is 2.70. The molecule has 0 aromatic rings. The third kappa shape index (κ3) is 9.84. The van der Waals surface area contributed by atoms with Crippen LogP contribution in [0.1, 0.15) is 58.3 Å². The van der Waals surface area contributed by atoms with Gasteiger partial charge in [0.15, 0.2) is 0 Å². The molecule has 0 spiro atoms. The van der Waals surface area contributed by atoms with Crippen molar-refractivity contribution in [2.24, 2.45) is 17.2 Å². The van der Waals surface area contributed by atoms with Gasteiger partial charge in [-0.3, -0.25) is 10.1 Å².